The summed E-state index contributed by atoms with van der Waals surface area (Å²) in [5.74, 6) is -0.230. The molecule has 1 unspecified atom stereocenters. The molecule has 1 heterocycles. The van der Waals surface area contributed by atoms with Gasteiger partial charge in [0.15, 0.2) is 11.8 Å². The number of aldehydes is 1. The molecule has 2 rings (SSSR count). The normalized spacial score (nSPS) is 12.2. The number of carbonyl (C=O) groups excluding carboxylic acids is 1. The first-order valence-electron chi connectivity index (χ1n) is 5.30. The van der Waals surface area contributed by atoms with Crippen LogP contribution in [0.1, 0.15) is 11.6 Å². The fraction of sp³-hybridized carbons (Fsp3) is 0.154. The molecule has 17 heavy (non-hydrogen) atoms. The van der Waals surface area contributed by atoms with Gasteiger partial charge in [0.05, 0.1) is 6.04 Å². The Balaban J connectivity index is 2.26. The SMILES string of the molecule is O=CC(Cc1ccccc1)n1c(O)ccc1O. The highest BCUT2D eigenvalue weighted by Crippen LogP contribution is 2.27. The minimum Gasteiger partial charge on any atom is -0.494 e. The van der Waals surface area contributed by atoms with Crippen LogP contribution in [0.25, 0.3) is 0 Å². The molecule has 0 aliphatic rings. The van der Waals surface area contributed by atoms with Crippen molar-refractivity contribution in [2.45, 2.75) is 12.5 Å². The lowest BCUT2D eigenvalue weighted by molar-refractivity contribution is -0.110. The third-order valence-corrected chi connectivity index (χ3v) is 2.65. The molecule has 0 aliphatic carbocycles. The Labute approximate surface area is 98.8 Å². The predicted molar refractivity (Wildman–Crippen MR) is 63.0 cm³/mol. The summed E-state index contributed by atoms with van der Waals surface area (Å²) in [5.41, 5.74) is 0.970. The first-order chi connectivity index (χ1) is 8.22. The van der Waals surface area contributed by atoms with Crippen LogP contribution in [0.4, 0.5) is 0 Å². The highest BCUT2D eigenvalue weighted by Gasteiger charge is 2.17. The van der Waals surface area contributed by atoms with E-state index >= 15 is 0 Å². The second-order valence-electron chi connectivity index (χ2n) is 3.81. The lowest BCUT2D eigenvalue weighted by Crippen LogP contribution is -2.12. The Morgan fingerprint density at radius 1 is 1.06 bits per heavy atom. The molecule has 0 spiro atoms. The molecule has 0 bridgehead atoms. The summed E-state index contributed by atoms with van der Waals surface area (Å²) in [7, 11) is 0. The summed E-state index contributed by atoms with van der Waals surface area (Å²) in [6.07, 6.45) is 1.15. The molecular weight excluding hydrogens is 218 g/mol. The van der Waals surface area contributed by atoms with E-state index in [2.05, 4.69) is 0 Å². The van der Waals surface area contributed by atoms with Crippen LogP contribution < -0.4 is 0 Å². The van der Waals surface area contributed by atoms with Gasteiger partial charge in [-0.1, -0.05) is 30.3 Å². The third kappa shape index (κ3) is 2.30. The molecule has 88 valence electrons. The Morgan fingerprint density at radius 3 is 2.18 bits per heavy atom. The van der Waals surface area contributed by atoms with E-state index in [0.717, 1.165) is 5.56 Å². The molecule has 0 saturated carbocycles. The number of aromatic hydroxyl groups is 2. The van der Waals surface area contributed by atoms with Crippen molar-refractivity contribution in [3.05, 3.63) is 48.0 Å². The zero-order valence-corrected chi connectivity index (χ0v) is 9.15. The maximum absolute atomic E-state index is 11.1. The van der Waals surface area contributed by atoms with Crippen molar-refractivity contribution in [2.24, 2.45) is 0 Å². The minimum absolute atomic E-state index is 0.115. The van der Waals surface area contributed by atoms with Gasteiger partial charge in [0.2, 0.25) is 0 Å². The Bertz CT molecular complexity index is 485. The third-order valence-electron chi connectivity index (χ3n) is 2.65. The smallest absolute Gasteiger partial charge is 0.194 e. The van der Waals surface area contributed by atoms with Crippen LogP contribution in [0.3, 0.4) is 0 Å². The van der Waals surface area contributed by atoms with E-state index in [-0.39, 0.29) is 11.8 Å². The molecule has 0 amide bonds. The number of carbonyl (C=O) groups is 1. The van der Waals surface area contributed by atoms with Crippen LogP contribution in [0.5, 0.6) is 11.8 Å². The van der Waals surface area contributed by atoms with Gasteiger partial charge in [0.1, 0.15) is 6.29 Å². The van der Waals surface area contributed by atoms with E-state index in [1.807, 2.05) is 30.3 Å². The van der Waals surface area contributed by atoms with Crippen molar-refractivity contribution < 1.29 is 15.0 Å². The average molecular weight is 231 g/mol. The van der Waals surface area contributed by atoms with Gasteiger partial charge in [-0.05, 0) is 5.56 Å². The van der Waals surface area contributed by atoms with Crippen molar-refractivity contribution >= 4 is 6.29 Å². The molecule has 1 aromatic carbocycles. The van der Waals surface area contributed by atoms with Gasteiger partial charge in [-0.25, -0.2) is 0 Å². The van der Waals surface area contributed by atoms with E-state index < -0.39 is 6.04 Å². The zero-order chi connectivity index (χ0) is 12.3. The molecular formula is C13H13NO3. The highest BCUT2D eigenvalue weighted by molar-refractivity contribution is 5.58. The van der Waals surface area contributed by atoms with Crippen LogP contribution in [0.2, 0.25) is 0 Å². The van der Waals surface area contributed by atoms with Crippen LogP contribution in [0.15, 0.2) is 42.5 Å². The van der Waals surface area contributed by atoms with E-state index in [1.165, 1.54) is 16.7 Å². The van der Waals surface area contributed by atoms with E-state index in [4.69, 9.17) is 0 Å². The standard InChI is InChI=1S/C13H13NO3/c15-9-11(8-10-4-2-1-3-5-10)14-12(16)6-7-13(14)17/h1-7,9,11,16-17H,8H2. The van der Waals surface area contributed by atoms with Gasteiger partial charge < -0.3 is 15.0 Å². The second kappa shape index (κ2) is 4.74. The first-order valence-corrected chi connectivity index (χ1v) is 5.30. The van der Waals surface area contributed by atoms with Crippen LogP contribution in [0, 0.1) is 0 Å². The van der Waals surface area contributed by atoms with Gasteiger partial charge >= 0.3 is 0 Å². The van der Waals surface area contributed by atoms with Crippen molar-refractivity contribution in [1.82, 2.24) is 4.57 Å². The van der Waals surface area contributed by atoms with E-state index in [9.17, 15) is 15.0 Å². The lowest BCUT2D eigenvalue weighted by atomic mass is 10.1. The molecule has 4 heteroatoms. The summed E-state index contributed by atoms with van der Waals surface area (Å²) in [4.78, 5) is 11.1. The second-order valence-corrected chi connectivity index (χ2v) is 3.81. The number of rotatable bonds is 4. The molecule has 0 saturated heterocycles. The van der Waals surface area contributed by atoms with Crippen LogP contribution >= 0.6 is 0 Å². The minimum atomic E-state index is -0.604. The quantitative estimate of drug-likeness (QED) is 0.790. The summed E-state index contributed by atoms with van der Waals surface area (Å²) < 4.78 is 1.21. The maximum Gasteiger partial charge on any atom is 0.194 e. The zero-order valence-electron chi connectivity index (χ0n) is 9.15. The fourth-order valence-electron chi connectivity index (χ4n) is 1.82. The van der Waals surface area contributed by atoms with E-state index in [0.29, 0.717) is 12.7 Å². The predicted octanol–water partition coefficient (Wildman–Crippen LogP) is 1.88. The molecule has 1 aromatic heterocycles. The number of nitrogens with zero attached hydrogens (tertiary/aromatic N) is 1. The monoisotopic (exact) mass is 231 g/mol. The largest absolute Gasteiger partial charge is 0.494 e. The highest BCUT2D eigenvalue weighted by atomic mass is 16.3. The maximum atomic E-state index is 11.1. The molecule has 0 radical (unpaired) electrons. The molecule has 2 N–H and O–H groups in total. The van der Waals surface area contributed by atoms with Gasteiger partial charge in [0, 0.05) is 18.6 Å². The van der Waals surface area contributed by atoms with Gasteiger partial charge in [-0.3, -0.25) is 4.57 Å². The van der Waals surface area contributed by atoms with Gasteiger partial charge in [0.25, 0.3) is 0 Å². The summed E-state index contributed by atoms with van der Waals surface area (Å²) >= 11 is 0. The number of aromatic nitrogens is 1. The molecule has 0 aliphatic heterocycles. The number of hydrogen-bond acceptors (Lipinski definition) is 3. The summed E-state index contributed by atoms with van der Waals surface area (Å²) in [6, 6.07) is 11.6. The van der Waals surface area contributed by atoms with Gasteiger partial charge in [-0.2, -0.15) is 0 Å². The lowest BCUT2D eigenvalue weighted by Gasteiger charge is -2.14. The van der Waals surface area contributed by atoms with Crippen LogP contribution in [-0.2, 0) is 11.2 Å². The van der Waals surface area contributed by atoms with Crippen molar-refractivity contribution in [3.63, 3.8) is 0 Å². The topological polar surface area (TPSA) is 62.5 Å². The van der Waals surface area contributed by atoms with Crippen molar-refractivity contribution in [2.75, 3.05) is 0 Å². The first kappa shape index (κ1) is 11.3. The number of benzene rings is 1. The summed E-state index contributed by atoms with van der Waals surface area (Å²) in [6.45, 7) is 0. The fourth-order valence-corrected chi connectivity index (χ4v) is 1.82. The molecule has 1 atom stereocenters. The molecule has 2 aromatic rings. The van der Waals surface area contributed by atoms with Crippen molar-refractivity contribution in [3.8, 4) is 11.8 Å². The molecule has 0 fully saturated rings. The van der Waals surface area contributed by atoms with E-state index in [1.54, 1.807) is 0 Å². The summed E-state index contributed by atoms with van der Waals surface area (Å²) in [5, 5.41) is 19.1. The average Bonchev–Trinajstić information content (AvgIpc) is 2.68. The van der Waals surface area contributed by atoms with Crippen LogP contribution in [-0.4, -0.2) is 21.1 Å². The Hall–Kier alpha value is -2.23. The van der Waals surface area contributed by atoms with Gasteiger partial charge in [-0.15, -0.1) is 0 Å². The number of hydrogen-bond donors (Lipinski definition) is 2. The Kier molecular flexibility index (Phi) is 3.14. The Morgan fingerprint density at radius 2 is 1.65 bits per heavy atom. The van der Waals surface area contributed by atoms with Crippen molar-refractivity contribution in [1.29, 1.82) is 0 Å². The molecule has 4 nitrogen and oxygen atoms in total.